The summed E-state index contributed by atoms with van der Waals surface area (Å²) in [5.74, 6) is 0.611. The van der Waals surface area contributed by atoms with E-state index in [4.69, 9.17) is 4.52 Å². The molecule has 0 unspecified atom stereocenters. The van der Waals surface area contributed by atoms with Crippen molar-refractivity contribution in [1.82, 2.24) is 24.3 Å². The molecule has 8 nitrogen and oxygen atoms in total. The molecule has 3 rings (SSSR count). The van der Waals surface area contributed by atoms with Gasteiger partial charge in [0.05, 0.1) is 0 Å². The first-order valence-corrected chi connectivity index (χ1v) is 6.15. The topological polar surface area (TPSA) is 95.8 Å². The molecular weight excluding hydrogens is 274 g/mol. The first-order valence-electron chi connectivity index (χ1n) is 6.15. The Labute approximate surface area is 118 Å². The van der Waals surface area contributed by atoms with Crippen LogP contribution in [-0.4, -0.2) is 24.3 Å². The van der Waals surface area contributed by atoms with Gasteiger partial charge in [-0.25, -0.2) is 4.79 Å². The zero-order valence-electron chi connectivity index (χ0n) is 11.1. The third-order valence-electron chi connectivity index (χ3n) is 2.93. The molecule has 0 bridgehead atoms. The molecule has 106 valence electrons. The lowest BCUT2D eigenvalue weighted by atomic mass is 10.3. The molecule has 0 aromatic carbocycles. The van der Waals surface area contributed by atoms with Crippen LogP contribution < -0.4 is 11.2 Å². The standard InChI is InChI=1S/C13H11N5O3/c1-17-11(19)5-7-18(13(17)20)8-10-15-12(16-21-10)9-4-2-3-6-14-9/h2-7H,8H2,1H3. The lowest BCUT2D eigenvalue weighted by Crippen LogP contribution is -2.37. The van der Waals surface area contributed by atoms with Gasteiger partial charge in [-0.15, -0.1) is 0 Å². The Morgan fingerprint density at radius 1 is 1.24 bits per heavy atom. The van der Waals surface area contributed by atoms with Crippen molar-refractivity contribution in [2.24, 2.45) is 7.05 Å². The van der Waals surface area contributed by atoms with E-state index in [2.05, 4.69) is 15.1 Å². The number of nitrogens with zero attached hydrogens (tertiary/aromatic N) is 5. The van der Waals surface area contributed by atoms with Gasteiger partial charge in [0.25, 0.3) is 5.56 Å². The van der Waals surface area contributed by atoms with E-state index in [1.807, 2.05) is 6.07 Å². The molecule has 3 aromatic rings. The maximum absolute atomic E-state index is 11.9. The fraction of sp³-hybridized carbons (Fsp3) is 0.154. The van der Waals surface area contributed by atoms with Crippen molar-refractivity contribution in [1.29, 1.82) is 0 Å². The first kappa shape index (κ1) is 13.0. The van der Waals surface area contributed by atoms with Crippen LogP contribution in [0.15, 0.2) is 50.8 Å². The second kappa shape index (κ2) is 5.16. The lowest BCUT2D eigenvalue weighted by Gasteiger charge is -2.02. The van der Waals surface area contributed by atoms with Crippen LogP contribution in [-0.2, 0) is 13.6 Å². The first-order chi connectivity index (χ1) is 10.1. The van der Waals surface area contributed by atoms with Crippen molar-refractivity contribution in [2.45, 2.75) is 6.54 Å². The number of pyridine rings is 1. The summed E-state index contributed by atoms with van der Waals surface area (Å²) >= 11 is 0. The maximum atomic E-state index is 11.9. The molecule has 0 N–H and O–H groups in total. The normalized spacial score (nSPS) is 10.7. The van der Waals surface area contributed by atoms with Crippen LogP contribution in [0, 0.1) is 0 Å². The molecule has 3 heterocycles. The average Bonchev–Trinajstić information content (AvgIpc) is 2.97. The Bertz CT molecular complexity index is 879. The molecule has 8 heteroatoms. The van der Waals surface area contributed by atoms with Crippen molar-refractivity contribution in [3.8, 4) is 11.5 Å². The number of rotatable bonds is 3. The third-order valence-corrected chi connectivity index (χ3v) is 2.93. The van der Waals surface area contributed by atoms with E-state index in [0.29, 0.717) is 11.5 Å². The van der Waals surface area contributed by atoms with E-state index in [0.717, 1.165) is 4.57 Å². The Morgan fingerprint density at radius 2 is 2.10 bits per heavy atom. The van der Waals surface area contributed by atoms with Crippen LogP contribution in [0.3, 0.4) is 0 Å². The molecule has 0 aliphatic carbocycles. The van der Waals surface area contributed by atoms with Crippen molar-refractivity contribution < 1.29 is 4.52 Å². The van der Waals surface area contributed by atoms with E-state index in [-0.39, 0.29) is 18.0 Å². The maximum Gasteiger partial charge on any atom is 0.331 e. The predicted molar refractivity (Wildman–Crippen MR) is 72.6 cm³/mol. The summed E-state index contributed by atoms with van der Waals surface area (Å²) in [6, 6.07) is 6.66. The van der Waals surface area contributed by atoms with Gasteiger partial charge in [0.15, 0.2) is 0 Å². The Morgan fingerprint density at radius 3 is 2.86 bits per heavy atom. The summed E-state index contributed by atoms with van der Waals surface area (Å²) in [6.45, 7) is 0.0901. The van der Waals surface area contributed by atoms with E-state index in [9.17, 15) is 9.59 Å². The van der Waals surface area contributed by atoms with Crippen LogP contribution in [0.1, 0.15) is 5.89 Å². The van der Waals surface area contributed by atoms with E-state index in [1.54, 1.807) is 18.3 Å². The van der Waals surface area contributed by atoms with Crippen LogP contribution in [0.2, 0.25) is 0 Å². The van der Waals surface area contributed by atoms with Gasteiger partial charge in [0.2, 0.25) is 11.7 Å². The number of aromatic nitrogens is 5. The van der Waals surface area contributed by atoms with E-state index < -0.39 is 5.69 Å². The molecule has 0 amide bonds. The summed E-state index contributed by atoms with van der Waals surface area (Å²) in [5, 5.41) is 3.82. The van der Waals surface area contributed by atoms with Gasteiger partial charge in [-0.1, -0.05) is 11.2 Å². The Balaban J connectivity index is 1.91. The number of hydrogen-bond donors (Lipinski definition) is 0. The van der Waals surface area contributed by atoms with Gasteiger partial charge < -0.3 is 4.52 Å². The highest BCUT2D eigenvalue weighted by Gasteiger charge is 2.11. The third kappa shape index (κ3) is 2.50. The van der Waals surface area contributed by atoms with Crippen LogP contribution in [0.25, 0.3) is 11.5 Å². The fourth-order valence-electron chi connectivity index (χ4n) is 1.80. The average molecular weight is 285 g/mol. The predicted octanol–water partition coefficient (Wildman–Crippen LogP) is 0.0403. The summed E-state index contributed by atoms with van der Waals surface area (Å²) in [4.78, 5) is 31.5. The van der Waals surface area contributed by atoms with Gasteiger partial charge in [0.1, 0.15) is 12.2 Å². The highest BCUT2D eigenvalue weighted by atomic mass is 16.5. The minimum absolute atomic E-state index is 0.0901. The lowest BCUT2D eigenvalue weighted by molar-refractivity contribution is 0.367. The second-order valence-electron chi connectivity index (χ2n) is 4.35. The smallest absolute Gasteiger partial charge is 0.331 e. The molecule has 0 aliphatic rings. The Hall–Kier alpha value is -3.03. The van der Waals surface area contributed by atoms with Crippen molar-refractivity contribution >= 4 is 0 Å². The minimum Gasteiger partial charge on any atom is -0.337 e. The van der Waals surface area contributed by atoms with Gasteiger partial charge in [-0.05, 0) is 12.1 Å². The van der Waals surface area contributed by atoms with Gasteiger partial charge in [0, 0.05) is 25.5 Å². The van der Waals surface area contributed by atoms with E-state index >= 15 is 0 Å². The van der Waals surface area contributed by atoms with Crippen LogP contribution in [0.4, 0.5) is 0 Å². The summed E-state index contributed by atoms with van der Waals surface area (Å²) in [6.07, 6.45) is 3.03. The molecular formula is C13H11N5O3. The fourth-order valence-corrected chi connectivity index (χ4v) is 1.80. The minimum atomic E-state index is -0.444. The molecule has 0 aliphatic heterocycles. The molecule has 0 radical (unpaired) electrons. The second-order valence-corrected chi connectivity index (χ2v) is 4.35. The highest BCUT2D eigenvalue weighted by Crippen LogP contribution is 2.11. The van der Waals surface area contributed by atoms with Gasteiger partial charge in [-0.2, -0.15) is 4.98 Å². The van der Waals surface area contributed by atoms with Crippen LogP contribution >= 0.6 is 0 Å². The van der Waals surface area contributed by atoms with Crippen molar-refractivity contribution in [3.63, 3.8) is 0 Å². The summed E-state index contributed by atoms with van der Waals surface area (Å²) < 4.78 is 7.43. The quantitative estimate of drug-likeness (QED) is 0.674. The summed E-state index contributed by atoms with van der Waals surface area (Å²) in [7, 11) is 1.41. The molecule has 0 atom stereocenters. The molecule has 3 aromatic heterocycles. The summed E-state index contributed by atoms with van der Waals surface area (Å²) in [5.41, 5.74) is -0.226. The molecule has 0 fully saturated rings. The molecule has 0 saturated carbocycles. The van der Waals surface area contributed by atoms with Gasteiger partial charge >= 0.3 is 5.69 Å². The zero-order valence-corrected chi connectivity index (χ0v) is 11.1. The SMILES string of the molecule is Cn1c(=O)ccn(Cc2nc(-c3ccccn3)no2)c1=O. The molecule has 21 heavy (non-hydrogen) atoms. The van der Waals surface area contributed by atoms with Crippen LogP contribution in [0.5, 0.6) is 0 Å². The van der Waals surface area contributed by atoms with Crippen molar-refractivity contribution in [3.05, 3.63) is 63.4 Å². The molecule has 0 spiro atoms. The highest BCUT2D eigenvalue weighted by molar-refractivity contribution is 5.46. The zero-order chi connectivity index (χ0) is 14.8. The van der Waals surface area contributed by atoms with Crippen molar-refractivity contribution in [2.75, 3.05) is 0 Å². The monoisotopic (exact) mass is 285 g/mol. The van der Waals surface area contributed by atoms with Gasteiger partial charge in [-0.3, -0.25) is 18.9 Å². The number of hydrogen-bond acceptors (Lipinski definition) is 6. The Kier molecular flexibility index (Phi) is 3.19. The largest absolute Gasteiger partial charge is 0.337 e. The van der Waals surface area contributed by atoms with E-state index in [1.165, 1.54) is 23.9 Å². The molecule has 0 saturated heterocycles.